The van der Waals surface area contributed by atoms with Crippen molar-refractivity contribution in [3.05, 3.63) is 53.5 Å². The number of para-hydroxylation sites is 1. The van der Waals surface area contributed by atoms with Crippen molar-refractivity contribution in [3.8, 4) is 0 Å². The highest BCUT2D eigenvalue weighted by atomic mass is 16.5. The number of carbonyl (C=O) groups is 4. The van der Waals surface area contributed by atoms with Gasteiger partial charge in [0.25, 0.3) is 11.8 Å². The molecule has 1 heterocycles. The van der Waals surface area contributed by atoms with Crippen LogP contribution in [0.15, 0.2) is 41.0 Å². The van der Waals surface area contributed by atoms with Gasteiger partial charge in [-0.2, -0.15) is 0 Å². The summed E-state index contributed by atoms with van der Waals surface area (Å²) in [5.41, 5.74) is 2.60. The Morgan fingerprint density at radius 2 is 1.79 bits per heavy atom. The van der Waals surface area contributed by atoms with Crippen molar-refractivity contribution in [1.29, 1.82) is 0 Å². The molecule has 0 atom stereocenters. The molecule has 0 aliphatic rings. The summed E-state index contributed by atoms with van der Waals surface area (Å²) in [5, 5.41) is 7.37. The number of furan rings is 1. The second kappa shape index (κ2) is 10.6. The molecule has 9 heteroatoms. The molecule has 0 saturated carbocycles. The third-order valence-corrected chi connectivity index (χ3v) is 3.95. The number of aryl methyl sites for hydroxylation is 2. The molecule has 0 saturated heterocycles. The number of carbonyl (C=O) groups excluding carboxylic acids is 4. The molecule has 2 aromatic rings. The largest absolute Gasteiger partial charge is 0.459 e. The van der Waals surface area contributed by atoms with Crippen LogP contribution in [0.25, 0.3) is 0 Å². The number of amides is 3. The van der Waals surface area contributed by atoms with Gasteiger partial charge in [-0.15, -0.1) is 0 Å². The summed E-state index contributed by atoms with van der Waals surface area (Å²) in [6.07, 6.45) is 2.09. The monoisotopic (exact) mass is 401 g/mol. The molecule has 2 rings (SSSR count). The number of esters is 1. The molecule has 0 radical (unpaired) electrons. The number of rotatable bonds is 9. The Bertz CT molecular complexity index is 876. The molecule has 0 aliphatic carbocycles. The van der Waals surface area contributed by atoms with E-state index in [0.29, 0.717) is 5.69 Å². The summed E-state index contributed by atoms with van der Waals surface area (Å²) in [5.74, 6) is -2.31. The Morgan fingerprint density at radius 3 is 2.48 bits per heavy atom. The average molecular weight is 401 g/mol. The maximum absolute atomic E-state index is 12.0. The van der Waals surface area contributed by atoms with Crippen LogP contribution in [-0.4, -0.2) is 43.4 Å². The van der Waals surface area contributed by atoms with Gasteiger partial charge < -0.3 is 25.1 Å². The molecule has 0 unspecified atom stereocenters. The minimum absolute atomic E-state index is 0.0723. The third-order valence-electron chi connectivity index (χ3n) is 3.95. The Hall–Kier alpha value is -3.62. The van der Waals surface area contributed by atoms with Gasteiger partial charge in [0.1, 0.15) is 6.54 Å². The average Bonchev–Trinajstić information content (AvgIpc) is 3.25. The highest BCUT2D eigenvalue weighted by Gasteiger charge is 2.13. The lowest BCUT2D eigenvalue weighted by molar-refractivity contribution is -0.147. The van der Waals surface area contributed by atoms with Crippen molar-refractivity contribution in [2.24, 2.45) is 0 Å². The first-order valence-corrected chi connectivity index (χ1v) is 9.03. The first-order valence-electron chi connectivity index (χ1n) is 9.03. The van der Waals surface area contributed by atoms with E-state index in [-0.39, 0.29) is 12.3 Å². The number of benzene rings is 1. The molecule has 3 amide bonds. The molecule has 0 aliphatic heterocycles. The number of nitrogens with one attached hydrogen (secondary N) is 3. The van der Waals surface area contributed by atoms with E-state index in [1.54, 1.807) is 6.07 Å². The molecule has 154 valence electrons. The molecular weight excluding hydrogens is 378 g/mol. The van der Waals surface area contributed by atoms with Gasteiger partial charge in [-0.25, -0.2) is 0 Å². The minimum atomic E-state index is -0.772. The highest BCUT2D eigenvalue weighted by Crippen LogP contribution is 2.20. The fourth-order valence-corrected chi connectivity index (χ4v) is 2.46. The van der Waals surface area contributed by atoms with Gasteiger partial charge in [0.2, 0.25) is 5.91 Å². The third kappa shape index (κ3) is 6.80. The summed E-state index contributed by atoms with van der Waals surface area (Å²) < 4.78 is 9.75. The van der Waals surface area contributed by atoms with E-state index in [4.69, 9.17) is 9.15 Å². The van der Waals surface area contributed by atoms with Gasteiger partial charge in [0, 0.05) is 5.69 Å². The van der Waals surface area contributed by atoms with Crippen molar-refractivity contribution in [2.45, 2.75) is 20.3 Å². The zero-order valence-corrected chi connectivity index (χ0v) is 16.2. The lowest BCUT2D eigenvalue weighted by Gasteiger charge is -2.13. The maximum Gasteiger partial charge on any atom is 0.325 e. The molecule has 0 fully saturated rings. The second-order valence-electron chi connectivity index (χ2n) is 6.11. The van der Waals surface area contributed by atoms with Gasteiger partial charge in [-0.05, 0) is 36.6 Å². The van der Waals surface area contributed by atoms with Crippen LogP contribution in [-0.2, 0) is 25.5 Å². The molecule has 9 nitrogen and oxygen atoms in total. The van der Waals surface area contributed by atoms with Gasteiger partial charge in [0.05, 0.1) is 12.8 Å². The zero-order valence-electron chi connectivity index (χ0n) is 16.2. The Kier molecular flexibility index (Phi) is 7.96. The van der Waals surface area contributed by atoms with E-state index >= 15 is 0 Å². The molecule has 3 N–H and O–H groups in total. The first-order chi connectivity index (χ1) is 13.9. The van der Waals surface area contributed by atoms with Crippen molar-refractivity contribution in [3.63, 3.8) is 0 Å². The number of hydrogen-bond donors (Lipinski definition) is 3. The topological polar surface area (TPSA) is 127 Å². The molecule has 0 spiro atoms. The fraction of sp³-hybridized carbons (Fsp3) is 0.300. The zero-order chi connectivity index (χ0) is 21.2. The normalized spacial score (nSPS) is 10.1. The Labute approximate surface area is 167 Å². The van der Waals surface area contributed by atoms with Gasteiger partial charge in [-0.1, -0.05) is 25.1 Å². The van der Waals surface area contributed by atoms with E-state index in [2.05, 4.69) is 16.0 Å². The smallest absolute Gasteiger partial charge is 0.325 e. The lowest BCUT2D eigenvalue weighted by Crippen LogP contribution is -2.39. The molecule has 29 heavy (non-hydrogen) atoms. The summed E-state index contributed by atoms with van der Waals surface area (Å²) in [7, 11) is 0. The number of hydrogen-bond acceptors (Lipinski definition) is 6. The van der Waals surface area contributed by atoms with Crippen molar-refractivity contribution in [1.82, 2.24) is 10.6 Å². The standard InChI is InChI=1S/C20H23N3O6/c1-3-14-7-4-6-13(2)19(14)23-17(25)12-29-18(26)11-21-16(24)10-22-20(27)15-8-5-9-28-15/h4-9H,3,10-12H2,1-2H3,(H,21,24)(H,22,27)(H,23,25). The lowest BCUT2D eigenvalue weighted by atomic mass is 10.1. The van der Waals surface area contributed by atoms with Crippen molar-refractivity contribution in [2.75, 3.05) is 25.0 Å². The predicted molar refractivity (Wildman–Crippen MR) is 104 cm³/mol. The quantitative estimate of drug-likeness (QED) is 0.542. The van der Waals surface area contributed by atoms with Crippen LogP contribution in [0, 0.1) is 6.92 Å². The van der Waals surface area contributed by atoms with Crippen LogP contribution >= 0.6 is 0 Å². The number of anilines is 1. The van der Waals surface area contributed by atoms with Gasteiger partial charge in [-0.3, -0.25) is 19.2 Å². The van der Waals surface area contributed by atoms with Gasteiger partial charge in [0.15, 0.2) is 12.4 Å². The van der Waals surface area contributed by atoms with Crippen LogP contribution in [0.2, 0.25) is 0 Å². The molecule has 1 aromatic carbocycles. The van der Waals surface area contributed by atoms with Gasteiger partial charge >= 0.3 is 5.97 Å². The Morgan fingerprint density at radius 1 is 1.00 bits per heavy atom. The summed E-state index contributed by atoms with van der Waals surface area (Å²) in [4.78, 5) is 47.0. The predicted octanol–water partition coefficient (Wildman–Crippen LogP) is 1.18. The SMILES string of the molecule is CCc1cccc(C)c1NC(=O)COC(=O)CNC(=O)CNC(=O)c1ccco1. The second-order valence-corrected chi connectivity index (χ2v) is 6.11. The molecule has 1 aromatic heterocycles. The minimum Gasteiger partial charge on any atom is -0.459 e. The van der Waals surface area contributed by atoms with Crippen molar-refractivity contribution >= 4 is 29.4 Å². The van der Waals surface area contributed by atoms with Crippen LogP contribution in [0.5, 0.6) is 0 Å². The Balaban J connectivity index is 1.68. The maximum atomic E-state index is 12.0. The van der Waals surface area contributed by atoms with E-state index in [9.17, 15) is 19.2 Å². The summed E-state index contributed by atoms with van der Waals surface area (Å²) in [6.45, 7) is 2.63. The highest BCUT2D eigenvalue weighted by molar-refractivity contribution is 5.95. The van der Waals surface area contributed by atoms with E-state index in [1.165, 1.54) is 12.3 Å². The number of ether oxygens (including phenoxy) is 1. The van der Waals surface area contributed by atoms with Crippen LogP contribution in [0.4, 0.5) is 5.69 Å². The van der Waals surface area contributed by atoms with Crippen LogP contribution < -0.4 is 16.0 Å². The molecule has 0 bridgehead atoms. The summed E-state index contributed by atoms with van der Waals surface area (Å²) in [6, 6.07) is 8.69. The first kappa shape index (κ1) is 21.7. The van der Waals surface area contributed by atoms with Crippen LogP contribution in [0.3, 0.4) is 0 Å². The van der Waals surface area contributed by atoms with E-state index in [0.717, 1.165) is 17.5 Å². The fourth-order valence-electron chi connectivity index (χ4n) is 2.46. The molecular formula is C20H23N3O6. The summed E-state index contributed by atoms with van der Waals surface area (Å²) >= 11 is 0. The van der Waals surface area contributed by atoms with E-state index in [1.807, 2.05) is 32.0 Å². The van der Waals surface area contributed by atoms with Crippen molar-refractivity contribution < 1.29 is 28.3 Å². The van der Waals surface area contributed by atoms with E-state index < -0.39 is 36.8 Å². The van der Waals surface area contributed by atoms with Crippen LogP contribution in [0.1, 0.15) is 28.6 Å².